The normalized spacial score (nSPS) is 27.7. The summed E-state index contributed by atoms with van der Waals surface area (Å²) in [4.78, 5) is 27.2. The molecule has 2 fully saturated rings. The fourth-order valence-corrected chi connectivity index (χ4v) is 5.57. The highest BCUT2D eigenvalue weighted by molar-refractivity contribution is 5.81. The van der Waals surface area contributed by atoms with E-state index in [0.717, 1.165) is 18.4 Å². The third-order valence-electron chi connectivity index (χ3n) is 8.04. The fraction of sp³-hybridized carbons (Fsp3) is 0.571. The number of aromatic nitrogens is 4. The number of imidazole rings is 1. The van der Waals surface area contributed by atoms with Gasteiger partial charge in [-0.15, -0.1) is 0 Å². The van der Waals surface area contributed by atoms with Crippen LogP contribution in [0.3, 0.4) is 0 Å². The molecule has 0 spiro atoms. The number of likely N-dealkylation sites (N-methyl/N-ethyl adjacent to an activating group) is 1. The largest absolute Gasteiger partial charge is 0.387 e. The van der Waals surface area contributed by atoms with E-state index in [0.29, 0.717) is 42.5 Å². The summed E-state index contributed by atoms with van der Waals surface area (Å²) in [6.07, 6.45) is 2.17. The van der Waals surface area contributed by atoms with Gasteiger partial charge in [-0.2, -0.15) is 0 Å². The van der Waals surface area contributed by atoms with E-state index in [-0.39, 0.29) is 17.0 Å². The van der Waals surface area contributed by atoms with Gasteiger partial charge < -0.3 is 25.6 Å². The smallest absolute Gasteiger partial charge is 0.167 e. The van der Waals surface area contributed by atoms with Gasteiger partial charge in [0.25, 0.3) is 0 Å². The quantitative estimate of drug-likeness (QED) is 0.406. The molecule has 0 bridgehead atoms. The Labute approximate surface area is 222 Å². The molecule has 1 aliphatic carbocycles. The summed E-state index contributed by atoms with van der Waals surface area (Å²) in [6.45, 7) is 7.02. The Morgan fingerprint density at radius 3 is 2.53 bits per heavy atom. The van der Waals surface area contributed by atoms with Crippen molar-refractivity contribution in [3.63, 3.8) is 0 Å². The molecule has 2 aliphatic rings. The minimum atomic E-state index is -1.13. The number of ketones is 1. The van der Waals surface area contributed by atoms with Crippen LogP contribution < -0.4 is 5.73 Å². The number of hydrogen-bond donors (Lipinski definition) is 3. The molecular formula is C28H38N6O4. The van der Waals surface area contributed by atoms with E-state index in [1.165, 1.54) is 18.2 Å². The van der Waals surface area contributed by atoms with Crippen LogP contribution in [0.25, 0.3) is 11.2 Å². The van der Waals surface area contributed by atoms with E-state index >= 15 is 0 Å². The predicted octanol–water partition coefficient (Wildman–Crippen LogP) is 2.24. The Morgan fingerprint density at radius 1 is 1.13 bits per heavy atom. The average molecular weight is 523 g/mol. The van der Waals surface area contributed by atoms with Gasteiger partial charge in [0.15, 0.2) is 17.7 Å². The maximum absolute atomic E-state index is 12.7. The van der Waals surface area contributed by atoms with E-state index in [1.54, 1.807) is 4.57 Å². The van der Waals surface area contributed by atoms with Crippen LogP contribution in [-0.2, 0) is 21.4 Å². The van der Waals surface area contributed by atoms with Crippen molar-refractivity contribution in [3.8, 4) is 0 Å². The first-order valence-electron chi connectivity index (χ1n) is 13.3. The number of hydrogen-bond acceptors (Lipinski definition) is 9. The first kappa shape index (κ1) is 26.7. The minimum Gasteiger partial charge on any atom is -0.387 e. The van der Waals surface area contributed by atoms with Crippen molar-refractivity contribution in [3.05, 3.63) is 48.0 Å². The molecule has 0 radical (unpaired) electrons. The second-order valence-electron chi connectivity index (χ2n) is 11.9. The van der Waals surface area contributed by atoms with Crippen molar-refractivity contribution in [2.24, 2.45) is 5.92 Å². The summed E-state index contributed by atoms with van der Waals surface area (Å²) in [5.41, 5.74) is 9.18. The SMILES string of the molecule is CN(C[C@H]1O[C@@H](n2cnc3c(N)ncnc32)[C@H](O)[C@@H]1O)C1CC(CC(=O)Cc2ccc(C(C)(C)C)cc2)C1. The minimum absolute atomic E-state index is 0.103. The summed E-state index contributed by atoms with van der Waals surface area (Å²) >= 11 is 0. The second-order valence-corrected chi connectivity index (χ2v) is 11.9. The highest BCUT2D eigenvalue weighted by atomic mass is 16.6. The van der Waals surface area contributed by atoms with Gasteiger partial charge in [-0.1, -0.05) is 45.0 Å². The summed E-state index contributed by atoms with van der Waals surface area (Å²) in [6, 6.07) is 8.69. The Balaban J connectivity index is 1.10. The lowest BCUT2D eigenvalue weighted by molar-refractivity contribution is -0.120. The van der Waals surface area contributed by atoms with Gasteiger partial charge >= 0.3 is 0 Å². The molecular weight excluding hydrogens is 484 g/mol. The predicted molar refractivity (Wildman–Crippen MR) is 143 cm³/mol. The molecule has 0 amide bonds. The van der Waals surface area contributed by atoms with E-state index < -0.39 is 24.5 Å². The lowest BCUT2D eigenvalue weighted by atomic mass is 9.76. The number of carbonyl (C=O) groups is 1. The van der Waals surface area contributed by atoms with Crippen molar-refractivity contribution in [1.82, 2.24) is 24.4 Å². The zero-order chi connectivity index (χ0) is 27.2. The van der Waals surface area contributed by atoms with Crippen LogP contribution in [0.1, 0.15) is 57.4 Å². The lowest BCUT2D eigenvalue weighted by Gasteiger charge is -2.42. The van der Waals surface area contributed by atoms with Gasteiger partial charge in [0.2, 0.25) is 0 Å². The number of nitrogens with two attached hydrogens (primary N) is 1. The Morgan fingerprint density at radius 2 is 1.84 bits per heavy atom. The molecule has 1 aromatic carbocycles. The van der Waals surface area contributed by atoms with E-state index in [9.17, 15) is 15.0 Å². The Bertz CT molecular complexity index is 1280. The van der Waals surface area contributed by atoms with Gasteiger partial charge in [0.1, 0.15) is 35.9 Å². The number of fused-ring (bicyclic) bond motifs is 1. The van der Waals surface area contributed by atoms with E-state index in [2.05, 4.69) is 64.9 Å². The highest BCUT2D eigenvalue weighted by Crippen LogP contribution is 2.37. The molecule has 4 atom stereocenters. The molecule has 4 N–H and O–H groups in total. The number of aliphatic hydroxyl groups is 2. The third kappa shape index (κ3) is 5.31. The third-order valence-corrected chi connectivity index (χ3v) is 8.04. The van der Waals surface area contributed by atoms with Crippen LogP contribution in [-0.4, -0.2) is 78.4 Å². The molecule has 5 rings (SSSR count). The number of nitrogens with zero attached hydrogens (tertiary/aromatic N) is 5. The Hall–Kier alpha value is -2.92. The molecule has 2 aromatic heterocycles. The number of carbonyl (C=O) groups excluding carboxylic acids is 1. The van der Waals surface area contributed by atoms with Gasteiger partial charge in [0.05, 0.1) is 6.33 Å². The van der Waals surface area contributed by atoms with Crippen molar-refractivity contribution in [2.45, 2.75) is 82.5 Å². The molecule has 38 heavy (non-hydrogen) atoms. The number of nitrogen functional groups attached to an aromatic ring is 1. The van der Waals surface area contributed by atoms with Gasteiger partial charge in [-0.3, -0.25) is 9.36 Å². The maximum Gasteiger partial charge on any atom is 0.167 e. The topological polar surface area (TPSA) is 140 Å². The van der Waals surface area contributed by atoms with Crippen LogP contribution in [0.4, 0.5) is 5.82 Å². The second kappa shape index (κ2) is 10.3. The van der Waals surface area contributed by atoms with Crippen LogP contribution in [0, 0.1) is 5.92 Å². The highest BCUT2D eigenvalue weighted by Gasteiger charge is 2.45. The first-order valence-corrected chi connectivity index (χ1v) is 13.3. The average Bonchev–Trinajstić information content (AvgIpc) is 3.38. The van der Waals surface area contributed by atoms with Crippen molar-refractivity contribution >= 4 is 22.8 Å². The molecule has 204 valence electrons. The standard InChI is InChI=1S/C28H38N6O4/c1-28(2,3)18-7-5-16(6-8-18)11-20(35)12-17-9-19(10-17)33(4)13-21-23(36)24(37)27(38-21)34-15-32-22-25(29)30-14-31-26(22)34/h5-8,14-15,17,19,21,23-24,27,36-37H,9-13H2,1-4H3,(H2,29,30,31)/t17?,19?,21-,23-,24-,27-/m1/s1. The van der Waals surface area contributed by atoms with Gasteiger partial charge in [0, 0.05) is 25.4 Å². The zero-order valence-electron chi connectivity index (χ0n) is 22.5. The maximum atomic E-state index is 12.7. The molecule has 3 aromatic rings. The van der Waals surface area contributed by atoms with Crippen LogP contribution in [0.5, 0.6) is 0 Å². The number of anilines is 1. The van der Waals surface area contributed by atoms with E-state index in [1.807, 2.05) is 7.05 Å². The number of ether oxygens (including phenoxy) is 1. The zero-order valence-corrected chi connectivity index (χ0v) is 22.5. The molecule has 10 nitrogen and oxygen atoms in total. The van der Waals surface area contributed by atoms with Crippen molar-refractivity contribution in [2.75, 3.05) is 19.3 Å². The molecule has 3 heterocycles. The number of aliphatic hydroxyl groups excluding tert-OH is 2. The van der Waals surface area contributed by atoms with Crippen LogP contribution in [0.15, 0.2) is 36.9 Å². The van der Waals surface area contributed by atoms with Crippen molar-refractivity contribution < 1.29 is 19.7 Å². The number of Topliss-reactive ketones (excluding diaryl/α,β-unsaturated/α-hetero) is 1. The summed E-state index contributed by atoms with van der Waals surface area (Å²) < 4.78 is 7.67. The lowest BCUT2D eigenvalue weighted by Crippen LogP contribution is -2.48. The van der Waals surface area contributed by atoms with Crippen LogP contribution >= 0.6 is 0 Å². The molecule has 1 saturated carbocycles. The van der Waals surface area contributed by atoms with Gasteiger partial charge in [-0.05, 0) is 42.3 Å². The number of rotatable bonds is 8. The molecule has 0 unspecified atom stereocenters. The number of benzene rings is 1. The molecule has 1 aliphatic heterocycles. The fourth-order valence-electron chi connectivity index (χ4n) is 5.57. The van der Waals surface area contributed by atoms with E-state index in [4.69, 9.17) is 10.5 Å². The molecule has 10 heteroatoms. The van der Waals surface area contributed by atoms with Crippen molar-refractivity contribution in [1.29, 1.82) is 0 Å². The Kier molecular flexibility index (Phi) is 7.25. The molecule has 1 saturated heterocycles. The summed E-state index contributed by atoms with van der Waals surface area (Å²) in [5, 5.41) is 21.4. The van der Waals surface area contributed by atoms with Gasteiger partial charge in [-0.25, -0.2) is 15.0 Å². The summed E-state index contributed by atoms with van der Waals surface area (Å²) in [5.74, 6) is 0.894. The summed E-state index contributed by atoms with van der Waals surface area (Å²) in [7, 11) is 2.00. The van der Waals surface area contributed by atoms with Crippen LogP contribution in [0.2, 0.25) is 0 Å². The first-order chi connectivity index (χ1) is 18.0. The monoisotopic (exact) mass is 522 g/mol.